The molecular weight excluding hydrogens is 304 g/mol. The molecule has 2 aromatic rings. The third-order valence-corrected chi connectivity index (χ3v) is 3.81. The predicted octanol–water partition coefficient (Wildman–Crippen LogP) is 3.52. The van der Waals surface area contributed by atoms with Crippen LogP contribution in [0, 0.1) is 0 Å². The monoisotopic (exact) mass is 324 g/mol. The molecule has 0 saturated heterocycles. The first kappa shape index (κ1) is 16.1. The van der Waals surface area contributed by atoms with Crippen LogP contribution in [0.4, 0.5) is 0 Å². The Morgan fingerprint density at radius 1 is 1.17 bits per heavy atom. The van der Waals surface area contributed by atoms with Gasteiger partial charge >= 0.3 is 0 Å². The van der Waals surface area contributed by atoms with Crippen LogP contribution in [-0.4, -0.2) is 18.9 Å². The van der Waals surface area contributed by atoms with E-state index in [0.29, 0.717) is 11.3 Å². The molecule has 24 heavy (non-hydrogen) atoms. The molecule has 3 rings (SSSR count). The van der Waals surface area contributed by atoms with Gasteiger partial charge in [-0.2, -0.15) is 5.10 Å². The summed E-state index contributed by atoms with van der Waals surface area (Å²) in [6, 6.07) is 13.1. The van der Waals surface area contributed by atoms with Gasteiger partial charge in [0.05, 0.1) is 6.21 Å². The van der Waals surface area contributed by atoms with E-state index in [1.165, 1.54) is 5.56 Å². The Labute approximate surface area is 141 Å². The van der Waals surface area contributed by atoms with Gasteiger partial charge in [-0.05, 0) is 54.3 Å². The Balaban J connectivity index is 1.56. The van der Waals surface area contributed by atoms with Crippen LogP contribution in [0.3, 0.4) is 0 Å². The summed E-state index contributed by atoms with van der Waals surface area (Å²) < 4.78 is 10.6. The molecule has 0 radical (unpaired) electrons. The number of hydrogen-bond acceptors (Lipinski definition) is 4. The minimum Gasteiger partial charge on any atom is -0.454 e. The number of carbonyl (C=O) groups is 1. The number of amides is 1. The Hall–Kier alpha value is -2.82. The fourth-order valence-electron chi connectivity index (χ4n) is 2.43. The zero-order valence-electron chi connectivity index (χ0n) is 13.6. The fourth-order valence-corrected chi connectivity index (χ4v) is 2.43. The molecule has 124 valence electrons. The highest BCUT2D eigenvalue weighted by atomic mass is 16.7. The molecule has 1 heterocycles. The average molecular weight is 324 g/mol. The van der Waals surface area contributed by atoms with Gasteiger partial charge in [0.25, 0.3) is 5.91 Å². The molecule has 0 saturated carbocycles. The van der Waals surface area contributed by atoms with Gasteiger partial charge < -0.3 is 9.47 Å². The van der Waals surface area contributed by atoms with E-state index in [2.05, 4.69) is 17.5 Å². The molecule has 1 amide bonds. The number of carbonyl (C=O) groups excluding carboxylic acids is 1. The van der Waals surface area contributed by atoms with Crippen molar-refractivity contribution in [2.45, 2.75) is 26.2 Å². The zero-order chi connectivity index (χ0) is 16.8. The smallest absolute Gasteiger partial charge is 0.271 e. The van der Waals surface area contributed by atoms with E-state index in [4.69, 9.17) is 9.47 Å². The van der Waals surface area contributed by atoms with Crippen molar-refractivity contribution in [3.63, 3.8) is 0 Å². The summed E-state index contributed by atoms with van der Waals surface area (Å²) in [5.74, 6) is 1.18. The molecule has 5 nitrogen and oxygen atoms in total. The van der Waals surface area contributed by atoms with Crippen LogP contribution in [0.25, 0.3) is 0 Å². The Morgan fingerprint density at radius 2 is 1.96 bits per heavy atom. The van der Waals surface area contributed by atoms with Crippen molar-refractivity contribution in [1.29, 1.82) is 0 Å². The minimum absolute atomic E-state index is 0.228. The third-order valence-electron chi connectivity index (χ3n) is 3.81. The molecule has 0 spiro atoms. The van der Waals surface area contributed by atoms with E-state index in [0.717, 1.165) is 30.6 Å². The fraction of sp³-hybridized carbons (Fsp3) is 0.263. The Morgan fingerprint density at radius 3 is 2.75 bits per heavy atom. The summed E-state index contributed by atoms with van der Waals surface area (Å²) in [6.45, 7) is 2.40. The maximum Gasteiger partial charge on any atom is 0.271 e. The number of ether oxygens (including phenoxy) is 2. The second-order valence-electron chi connectivity index (χ2n) is 5.61. The number of nitrogens with zero attached hydrogens (tertiary/aromatic N) is 1. The van der Waals surface area contributed by atoms with Gasteiger partial charge in [-0.1, -0.05) is 25.5 Å². The largest absolute Gasteiger partial charge is 0.454 e. The molecule has 1 N–H and O–H groups in total. The number of benzene rings is 2. The predicted molar refractivity (Wildman–Crippen MR) is 92.7 cm³/mol. The molecule has 0 bridgehead atoms. The maximum absolute atomic E-state index is 12.1. The summed E-state index contributed by atoms with van der Waals surface area (Å²) in [5.41, 5.74) is 5.21. The van der Waals surface area contributed by atoms with Crippen LogP contribution in [0.15, 0.2) is 47.6 Å². The van der Waals surface area contributed by atoms with Gasteiger partial charge in [0.15, 0.2) is 11.5 Å². The van der Waals surface area contributed by atoms with E-state index < -0.39 is 0 Å². The van der Waals surface area contributed by atoms with E-state index in [1.54, 1.807) is 6.21 Å². The third kappa shape index (κ3) is 3.93. The number of unbranched alkanes of at least 4 members (excludes halogenated alkanes) is 1. The van der Waals surface area contributed by atoms with Gasteiger partial charge in [-0.15, -0.1) is 0 Å². The van der Waals surface area contributed by atoms with Crippen molar-refractivity contribution in [2.24, 2.45) is 5.10 Å². The number of nitrogens with one attached hydrogen (secondary N) is 1. The van der Waals surface area contributed by atoms with Gasteiger partial charge in [-0.25, -0.2) is 5.43 Å². The molecule has 1 aliphatic heterocycles. The lowest BCUT2D eigenvalue weighted by atomic mass is 10.1. The summed E-state index contributed by atoms with van der Waals surface area (Å²) in [4.78, 5) is 12.1. The lowest BCUT2D eigenvalue weighted by molar-refractivity contribution is 0.0955. The van der Waals surface area contributed by atoms with Gasteiger partial charge in [0.2, 0.25) is 6.79 Å². The Bertz CT molecular complexity index is 739. The van der Waals surface area contributed by atoms with Gasteiger partial charge in [0, 0.05) is 5.56 Å². The summed E-state index contributed by atoms with van der Waals surface area (Å²) in [5, 5.41) is 3.99. The second kappa shape index (κ2) is 7.64. The van der Waals surface area contributed by atoms with Crippen molar-refractivity contribution in [3.05, 3.63) is 59.2 Å². The van der Waals surface area contributed by atoms with Crippen LogP contribution in [-0.2, 0) is 6.42 Å². The van der Waals surface area contributed by atoms with Crippen LogP contribution < -0.4 is 14.9 Å². The highest BCUT2D eigenvalue weighted by molar-refractivity contribution is 5.94. The number of aryl methyl sites for hydroxylation is 1. The Kier molecular flexibility index (Phi) is 5.11. The lowest BCUT2D eigenvalue weighted by Crippen LogP contribution is -2.17. The van der Waals surface area contributed by atoms with Crippen LogP contribution >= 0.6 is 0 Å². The van der Waals surface area contributed by atoms with Crippen LogP contribution in [0.2, 0.25) is 0 Å². The van der Waals surface area contributed by atoms with E-state index in [-0.39, 0.29) is 12.7 Å². The van der Waals surface area contributed by atoms with Gasteiger partial charge in [-0.3, -0.25) is 4.79 Å². The number of hydrogen-bond donors (Lipinski definition) is 1. The van der Waals surface area contributed by atoms with E-state index in [9.17, 15) is 4.79 Å². The molecule has 0 fully saturated rings. The first-order chi connectivity index (χ1) is 11.8. The van der Waals surface area contributed by atoms with Crippen molar-refractivity contribution in [1.82, 2.24) is 5.43 Å². The van der Waals surface area contributed by atoms with Crippen LogP contribution in [0.1, 0.15) is 41.3 Å². The molecule has 0 aliphatic carbocycles. The molecule has 2 aromatic carbocycles. The SMILES string of the molecule is CCCCc1ccc(C(=O)N/N=C\c2ccc3c(c2)OCO3)cc1. The molecule has 0 atom stereocenters. The molecule has 0 aromatic heterocycles. The highest BCUT2D eigenvalue weighted by Gasteiger charge is 2.12. The van der Waals surface area contributed by atoms with Gasteiger partial charge in [0.1, 0.15) is 0 Å². The minimum atomic E-state index is -0.228. The maximum atomic E-state index is 12.1. The lowest BCUT2D eigenvalue weighted by Gasteiger charge is -2.03. The molecular formula is C19H20N2O3. The average Bonchev–Trinajstić information content (AvgIpc) is 3.08. The second-order valence-corrected chi connectivity index (χ2v) is 5.61. The number of fused-ring (bicyclic) bond motifs is 1. The highest BCUT2D eigenvalue weighted by Crippen LogP contribution is 2.31. The van der Waals surface area contributed by atoms with Crippen molar-refractivity contribution < 1.29 is 14.3 Å². The molecule has 0 unspecified atom stereocenters. The van der Waals surface area contributed by atoms with Crippen molar-refractivity contribution in [3.8, 4) is 11.5 Å². The number of rotatable bonds is 6. The first-order valence-corrected chi connectivity index (χ1v) is 8.08. The summed E-state index contributed by atoms with van der Waals surface area (Å²) in [6.07, 6.45) is 4.94. The van der Waals surface area contributed by atoms with Crippen molar-refractivity contribution >= 4 is 12.1 Å². The first-order valence-electron chi connectivity index (χ1n) is 8.08. The normalized spacial score (nSPS) is 12.5. The topological polar surface area (TPSA) is 59.9 Å². The van der Waals surface area contributed by atoms with Crippen LogP contribution in [0.5, 0.6) is 11.5 Å². The van der Waals surface area contributed by atoms with E-state index in [1.807, 2.05) is 42.5 Å². The van der Waals surface area contributed by atoms with Crippen molar-refractivity contribution in [2.75, 3.05) is 6.79 Å². The van der Waals surface area contributed by atoms with E-state index >= 15 is 0 Å². The summed E-state index contributed by atoms with van der Waals surface area (Å²) in [7, 11) is 0. The molecule has 5 heteroatoms. The zero-order valence-corrected chi connectivity index (χ0v) is 13.6. The standard InChI is InChI=1S/C19H20N2O3/c1-2-3-4-14-5-8-16(9-6-14)19(22)21-20-12-15-7-10-17-18(11-15)24-13-23-17/h5-12H,2-4,13H2,1H3,(H,21,22)/b20-12-. The molecule has 1 aliphatic rings. The quantitative estimate of drug-likeness (QED) is 0.653. The summed E-state index contributed by atoms with van der Waals surface area (Å²) >= 11 is 0. The number of hydrazone groups is 1.